The van der Waals surface area contributed by atoms with Crippen LogP contribution in [0, 0.1) is 5.92 Å². The van der Waals surface area contributed by atoms with Gasteiger partial charge in [-0.3, -0.25) is 14.4 Å². The van der Waals surface area contributed by atoms with Crippen molar-refractivity contribution >= 4 is 34.0 Å². The van der Waals surface area contributed by atoms with Gasteiger partial charge in [-0.2, -0.15) is 0 Å². The van der Waals surface area contributed by atoms with Gasteiger partial charge < -0.3 is 39.5 Å². The average molecular weight is 751 g/mol. The second-order valence-corrected chi connectivity index (χ2v) is 14.9. The van der Waals surface area contributed by atoms with Crippen molar-refractivity contribution in [1.29, 1.82) is 0 Å². The lowest BCUT2D eigenvalue weighted by molar-refractivity contribution is -0.148. The number of dihydropyridines is 1. The number of nitrogens with one attached hydrogen (secondary N) is 2. The standard InChI is InChI=1S/C44H54N4O7/c1-5-30-7-11-37(55-29(3)51)21-36(52)22-41(32-10-13-42(53)43(20-32)54-4)47-25-38-34(27-49)9-12-40(39(38)26-47)48(17-15-28(2)50)44-19-31(14-16-46-44)6-8-33-23-45-24-35(33)18-30/h9-10,12-14,19-20,23-26,30,37,41,45-46,49,53H,5-8,11,15-18,21-22,27H2,1-4H3. The molecule has 292 valence electrons. The van der Waals surface area contributed by atoms with Gasteiger partial charge >= 0.3 is 5.97 Å². The summed E-state index contributed by atoms with van der Waals surface area (Å²) in [5.41, 5.74) is 6.09. The van der Waals surface area contributed by atoms with E-state index >= 15 is 0 Å². The van der Waals surface area contributed by atoms with Gasteiger partial charge in [0.25, 0.3) is 0 Å². The summed E-state index contributed by atoms with van der Waals surface area (Å²) < 4.78 is 13.2. The lowest BCUT2D eigenvalue weighted by Crippen LogP contribution is -2.35. The molecule has 0 aliphatic carbocycles. The number of nitrogens with zero attached hydrogens (tertiary/aromatic N) is 2. The number of hydrogen-bond acceptors (Lipinski definition) is 9. The fraction of sp³-hybridized carbons (Fsp3) is 0.432. The molecule has 0 saturated heterocycles. The van der Waals surface area contributed by atoms with E-state index in [1.54, 1.807) is 25.1 Å². The molecule has 4 heterocycles. The van der Waals surface area contributed by atoms with Crippen molar-refractivity contribution in [3.05, 3.63) is 101 Å². The van der Waals surface area contributed by atoms with Crippen LogP contribution in [0.25, 0.3) is 10.8 Å². The largest absolute Gasteiger partial charge is 0.504 e. The maximum atomic E-state index is 14.2. The van der Waals surface area contributed by atoms with Crippen molar-refractivity contribution in [3.8, 4) is 11.5 Å². The highest BCUT2D eigenvalue weighted by Crippen LogP contribution is 2.38. The quantitative estimate of drug-likeness (QED) is 0.137. The van der Waals surface area contributed by atoms with Crippen LogP contribution in [-0.4, -0.2) is 63.6 Å². The van der Waals surface area contributed by atoms with E-state index in [9.17, 15) is 24.6 Å². The molecule has 0 saturated carbocycles. The number of aryl methyl sites for hydroxylation is 1. The van der Waals surface area contributed by atoms with Gasteiger partial charge in [0.15, 0.2) is 11.5 Å². The molecule has 3 atom stereocenters. The minimum absolute atomic E-state index is 0.0160. The maximum Gasteiger partial charge on any atom is 0.302 e. The Bertz CT molecular complexity index is 2070. The maximum absolute atomic E-state index is 14.2. The van der Waals surface area contributed by atoms with Crippen LogP contribution in [0.5, 0.6) is 11.5 Å². The third-order valence-corrected chi connectivity index (χ3v) is 11.1. The summed E-state index contributed by atoms with van der Waals surface area (Å²) >= 11 is 0. The zero-order chi connectivity index (χ0) is 39.1. The summed E-state index contributed by atoms with van der Waals surface area (Å²) in [6.45, 7) is 6.06. The fourth-order valence-electron chi connectivity index (χ4n) is 8.01. The van der Waals surface area contributed by atoms with E-state index in [4.69, 9.17) is 9.47 Å². The average Bonchev–Trinajstić information content (AvgIpc) is 3.82. The zero-order valence-electron chi connectivity index (χ0n) is 32.4. The Balaban J connectivity index is 1.50. The Hall–Kier alpha value is -5.29. The number of ether oxygens (including phenoxy) is 2. The number of ketones is 2. The van der Waals surface area contributed by atoms with Crippen LogP contribution in [0.2, 0.25) is 0 Å². The lowest BCUT2D eigenvalue weighted by Gasteiger charge is -2.31. The molecule has 4 bridgehead atoms. The minimum atomic E-state index is -0.564. The molecule has 0 radical (unpaired) electrons. The molecule has 6 rings (SSSR count). The smallest absolute Gasteiger partial charge is 0.302 e. The number of esters is 1. The number of Topliss-reactive ketones (excluding diaryl/α,β-unsaturated/α-hetero) is 2. The Morgan fingerprint density at radius 3 is 2.53 bits per heavy atom. The predicted octanol–water partition coefficient (Wildman–Crippen LogP) is 7.20. The molecule has 55 heavy (non-hydrogen) atoms. The Morgan fingerprint density at radius 1 is 0.982 bits per heavy atom. The molecule has 11 heteroatoms. The molecule has 0 amide bonds. The summed E-state index contributed by atoms with van der Waals surface area (Å²) in [7, 11) is 1.48. The van der Waals surface area contributed by atoms with Crippen LogP contribution in [0.1, 0.15) is 94.0 Å². The number of anilines is 1. The van der Waals surface area contributed by atoms with E-state index in [0.29, 0.717) is 31.8 Å². The predicted molar refractivity (Wildman–Crippen MR) is 213 cm³/mol. The summed E-state index contributed by atoms with van der Waals surface area (Å²) in [4.78, 5) is 44.3. The van der Waals surface area contributed by atoms with Crippen molar-refractivity contribution in [1.82, 2.24) is 14.9 Å². The first-order chi connectivity index (χ1) is 26.6. The van der Waals surface area contributed by atoms with E-state index in [2.05, 4.69) is 46.7 Å². The Morgan fingerprint density at radius 2 is 1.78 bits per heavy atom. The highest BCUT2D eigenvalue weighted by Gasteiger charge is 2.27. The third-order valence-electron chi connectivity index (χ3n) is 11.1. The van der Waals surface area contributed by atoms with Crippen LogP contribution in [0.4, 0.5) is 5.69 Å². The number of allylic oxidation sites excluding steroid dienone is 2. The van der Waals surface area contributed by atoms with Crippen LogP contribution < -0.4 is 15.0 Å². The molecule has 4 N–H and O–H groups in total. The van der Waals surface area contributed by atoms with Crippen molar-refractivity contribution in [2.24, 2.45) is 5.92 Å². The third kappa shape index (κ3) is 9.51. The highest BCUT2D eigenvalue weighted by molar-refractivity contribution is 5.97. The monoisotopic (exact) mass is 750 g/mol. The number of rotatable bonds is 8. The number of aromatic amines is 1. The topological polar surface area (TPSA) is 146 Å². The van der Waals surface area contributed by atoms with Gasteiger partial charge in [-0.05, 0) is 97.0 Å². The van der Waals surface area contributed by atoms with Crippen LogP contribution >= 0.6 is 0 Å². The summed E-state index contributed by atoms with van der Waals surface area (Å²) in [6, 6.07) is 8.45. The van der Waals surface area contributed by atoms with E-state index in [1.807, 2.05) is 29.1 Å². The molecule has 2 aliphatic heterocycles. The van der Waals surface area contributed by atoms with Crippen molar-refractivity contribution < 1.29 is 34.1 Å². The summed E-state index contributed by atoms with van der Waals surface area (Å²) in [5, 5.41) is 26.2. The van der Waals surface area contributed by atoms with Gasteiger partial charge in [-0.1, -0.05) is 31.6 Å². The van der Waals surface area contributed by atoms with Gasteiger partial charge in [-0.15, -0.1) is 0 Å². The number of aliphatic hydroxyl groups excluding tert-OH is 1. The molecule has 0 fully saturated rings. The number of carbonyl (C=O) groups excluding carboxylic acids is 3. The van der Waals surface area contributed by atoms with Crippen LogP contribution in [-0.2, 0) is 38.6 Å². The SMILES string of the molecule is CCC1CCC(OC(C)=O)CC(=O)CC(c2ccc(O)c(OC)c2)n2cc3c(CO)ccc(c3c2)N(CCC(C)=O)C2=CC(=CCN2)CCc2c[nH]cc2C1. The van der Waals surface area contributed by atoms with Gasteiger partial charge in [0.2, 0.25) is 0 Å². The Kier molecular flexibility index (Phi) is 12.8. The summed E-state index contributed by atoms with van der Waals surface area (Å²) in [5.74, 6) is 1.09. The highest BCUT2D eigenvalue weighted by atomic mass is 16.5. The molecular weight excluding hydrogens is 697 g/mol. The number of H-pyrrole nitrogens is 1. The van der Waals surface area contributed by atoms with Gasteiger partial charge in [0, 0.05) is 74.8 Å². The summed E-state index contributed by atoms with van der Waals surface area (Å²) in [6.07, 6.45) is 17.4. The number of carbonyl (C=O) groups is 3. The molecule has 11 nitrogen and oxygen atoms in total. The van der Waals surface area contributed by atoms with E-state index < -0.39 is 18.1 Å². The molecule has 2 aromatic carbocycles. The number of benzene rings is 2. The molecule has 4 aromatic rings. The lowest BCUT2D eigenvalue weighted by atomic mass is 9.89. The zero-order valence-corrected chi connectivity index (χ0v) is 32.4. The normalized spacial score (nSPS) is 19.8. The number of aromatic nitrogens is 2. The second kappa shape index (κ2) is 17.9. The molecule has 3 unspecified atom stereocenters. The first kappa shape index (κ1) is 39.4. The first-order valence-corrected chi connectivity index (χ1v) is 19.4. The first-order valence-electron chi connectivity index (χ1n) is 19.4. The molecular formula is C44H54N4O7. The van der Waals surface area contributed by atoms with Crippen molar-refractivity contribution in [2.45, 2.75) is 97.3 Å². The van der Waals surface area contributed by atoms with Crippen LogP contribution in [0.15, 0.2) is 78.7 Å². The van der Waals surface area contributed by atoms with Crippen molar-refractivity contribution in [3.63, 3.8) is 0 Å². The number of aromatic hydroxyl groups is 1. The second-order valence-electron chi connectivity index (χ2n) is 14.9. The number of phenols is 1. The molecule has 0 spiro atoms. The fourth-order valence-corrected chi connectivity index (χ4v) is 8.01. The minimum Gasteiger partial charge on any atom is -0.504 e. The van der Waals surface area contributed by atoms with Gasteiger partial charge in [0.05, 0.1) is 25.4 Å². The number of aliphatic hydroxyl groups is 1. The number of methoxy groups -OCH3 is 1. The van der Waals surface area contributed by atoms with E-state index in [1.165, 1.54) is 30.7 Å². The Labute approximate surface area is 323 Å². The number of fused-ring (bicyclic) bond motifs is 3. The van der Waals surface area contributed by atoms with E-state index in [-0.39, 0.29) is 42.5 Å². The van der Waals surface area contributed by atoms with Crippen LogP contribution in [0.3, 0.4) is 0 Å². The van der Waals surface area contributed by atoms with Crippen molar-refractivity contribution in [2.75, 3.05) is 25.1 Å². The molecule has 2 aromatic heterocycles. The number of phenolic OH excluding ortho intramolecular Hbond substituents is 1. The van der Waals surface area contributed by atoms with Gasteiger partial charge in [-0.25, -0.2) is 0 Å². The van der Waals surface area contributed by atoms with E-state index in [0.717, 1.165) is 65.5 Å². The molecule has 2 aliphatic rings. The van der Waals surface area contributed by atoms with Gasteiger partial charge in [0.1, 0.15) is 23.5 Å². The number of hydrogen-bond donors (Lipinski definition) is 4.